The van der Waals surface area contributed by atoms with Gasteiger partial charge in [-0.2, -0.15) is 0 Å². The molecule has 1 aromatic carbocycles. The molecule has 1 atom stereocenters. The van der Waals surface area contributed by atoms with Crippen LogP contribution in [0.2, 0.25) is 5.02 Å². The average Bonchev–Trinajstić information content (AvgIpc) is 2.32. The molecule has 2 aromatic rings. The summed E-state index contributed by atoms with van der Waals surface area (Å²) in [5.41, 5.74) is 7.08. The Balaban J connectivity index is 2.18. The van der Waals surface area contributed by atoms with E-state index in [2.05, 4.69) is 10.3 Å². The minimum absolute atomic E-state index is 0.100. The van der Waals surface area contributed by atoms with E-state index in [1.54, 1.807) is 12.1 Å². The molecule has 3 nitrogen and oxygen atoms in total. The van der Waals surface area contributed by atoms with Crippen LogP contribution in [0.25, 0.3) is 0 Å². The smallest absolute Gasteiger partial charge is 0.149 e. The van der Waals surface area contributed by atoms with Crippen molar-refractivity contribution < 1.29 is 4.39 Å². The summed E-state index contributed by atoms with van der Waals surface area (Å²) in [6.07, 6.45) is 1.51. The summed E-state index contributed by atoms with van der Waals surface area (Å²) < 4.78 is 13.1. The Labute approximate surface area is 110 Å². The molecular weight excluding hydrogens is 253 g/mol. The number of benzene rings is 1. The number of pyridine rings is 1. The number of nitrogens with two attached hydrogens (primary N) is 1. The van der Waals surface area contributed by atoms with Crippen LogP contribution in [0.4, 0.5) is 15.9 Å². The molecule has 5 heteroatoms. The minimum atomic E-state index is -0.266. The number of nitrogens with zero attached hydrogens (tertiary/aromatic N) is 1. The first-order valence-corrected chi connectivity index (χ1v) is 5.87. The third kappa shape index (κ3) is 2.90. The minimum Gasteiger partial charge on any atom is -0.396 e. The van der Waals surface area contributed by atoms with Gasteiger partial charge in [-0.1, -0.05) is 23.7 Å². The molecule has 1 unspecified atom stereocenters. The molecular formula is C13H13ClFN3. The number of aromatic nitrogens is 1. The van der Waals surface area contributed by atoms with Crippen LogP contribution in [0.15, 0.2) is 36.5 Å². The highest BCUT2D eigenvalue weighted by atomic mass is 35.5. The van der Waals surface area contributed by atoms with E-state index in [9.17, 15) is 4.39 Å². The molecule has 0 bridgehead atoms. The maximum atomic E-state index is 13.1. The Morgan fingerprint density at radius 1 is 1.39 bits per heavy atom. The van der Waals surface area contributed by atoms with Crippen LogP contribution in [0.1, 0.15) is 18.5 Å². The van der Waals surface area contributed by atoms with Crippen molar-refractivity contribution in [3.05, 3.63) is 52.9 Å². The fourth-order valence-electron chi connectivity index (χ4n) is 1.64. The topological polar surface area (TPSA) is 50.9 Å². The van der Waals surface area contributed by atoms with Crippen molar-refractivity contribution in [1.82, 2.24) is 4.98 Å². The van der Waals surface area contributed by atoms with E-state index in [4.69, 9.17) is 17.3 Å². The van der Waals surface area contributed by atoms with Gasteiger partial charge in [0, 0.05) is 6.20 Å². The number of rotatable bonds is 3. The molecule has 0 saturated carbocycles. The first kappa shape index (κ1) is 12.6. The van der Waals surface area contributed by atoms with Gasteiger partial charge < -0.3 is 11.1 Å². The second-order valence-corrected chi connectivity index (χ2v) is 4.45. The van der Waals surface area contributed by atoms with Crippen molar-refractivity contribution in [1.29, 1.82) is 0 Å². The lowest BCUT2D eigenvalue weighted by atomic mass is 10.1. The number of hydrogen-bond donors (Lipinski definition) is 2. The van der Waals surface area contributed by atoms with Gasteiger partial charge in [-0.3, -0.25) is 0 Å². The molecule has 0 saturated heterocycles. The van der Waals surface area contributed by atoms with E-state index in [-0.39, 0.29) is 11.9 Å². The van der Waals surface area contributed by atoms with Gasteiger partial charge >= 0.3 is 0 Å². The monoisotopic (exact) mass is 265 g/mol. The Bertz CT molecular complexity index is 560. The number of nitrogens with one attached hydrogen (secondary N) is 1. The first-order valence-electron chi connectivity index (χ1n) is 5.49. The van der Waals surface area contributed by atoms with Gasteiger partial charge in [0.2, 0.25) is 0 Å². The van der Waals surface area contributed by atoms with Gasteiger partial charge in [0.15, 0.2) is 0 Å². The summed E-state index contributed by atoms with van der Waals surface area (Å²) >= 11 is 5.77. The lowest BCUT2D eigenvalue weighted by Gasteiger charge is -2.16. The third-order valence-electron chi connectivity index (χ3n) is 2.59. The second-order valence-electron chi connectivity index (χ2n) is 4.01. The van der Waals surface area contributed by atoms with Crippen molar-refractivity contribution in [2.45, 2.75) is 13.0 Å². The molecule has 1 heterocycles. The zero-order chi connectivity index (χ0) is 13.1. The van der Waals surface area contributed by atoms with E-state index < -0.39 is 0 Å². The van der Waals surface area contributed by atoms with Crippen molar-refractivity contribution in [2.75, 3.05) is 11.1 Å². The Morgan fingerprint density at radius 3 is 2.83 bits per heavy atom. The molecule has 1 aromatic heterocycles. The van der Waals surface area contributed by atoms with Crippen LogP contribution in [-0.4, -0.2) is 4.98 Å². The van der Waals surface area contributed by atoms with Gasteiger partial charge in [0.05, 0.1) is 16.8 Å². The highest BCUT2D eigenvalue weighted by molar-refractivity contribution is 6.30. The number of nitrogen functional groups attached to an aromatic ring is 1. The SMILES string of the molecule is CC(Nc1ncc(Cl)cc1N)c1cccc(F)c1. The van der Waals surface area contributed by atoms with Crippen LogP contribution >= 0.6 is 11.6 Å². The predicted octanol–water partition coefficient (Wildman–Crippen LogP) is 3.63. The van der Waals surface area contributed by atoms with E-state index in [0.717, 1.165) is 5.56 Å². The summed E-state index contributed by atoms with van der Waals surface area (Å²) in [6, 6.07) is 7.91. The molecule has 0 aliphatic heterocycles. The fraction of sp³-hybridized carbons (Fsp3) is 0.154. The average molecular weight is 266 g/mol. The standard InChI is InChI=1S/C13H13ClFN3/c1-8(9-3-2-4-11(15)5-9)18-13-12(16)6-10(14)7-17-13/h2-8H,16H2,1H3,(H,17,18). The highest BCUT2D eigenvalue weighted by Crippen LogP contribution is 2.24. The maximum Gasteiger partial charge on any atom is 0.149 e. The number of hydrogen-bond acceptors (Lipinski definition) is 3. The van der Waals surface area contributed by atoms with Gasteiger partial charge in [-0.15, -0.1) is 0 Å². The number of halogens is 2. The summed E-state index contributed by atoms with van der Waals surface area (Å²) in [7, 11) is 0. The Morgan fingerprint density at radius 2 is 2.17 bits per heavy atom. The van der Waals surface area contributed by atoms with Gasteiger partial charge in [-0.05, 0) is 30.7 Å². The largest absolute Gasteiger partial charge is 0.396 e. The fourth-order valence-corrected chi connectivity index (χ4v) is 1.81. The first-order chi connectivity index (χ1) is 8.56. The zero-order valence-electron chi connectivity index (χ0n) is 9.82. The normalized spacial score (nSPS) is 12.2. The number of anilines is 2. The van der Waals surface area contributed by atoms with E-state index in [0.29, 0.717) is 16.5 Å². The molecule has 2 rings (SSSR count). The molecule has 0 aliphatic rings. The van der Waals surface area contributed by atoms with Crippen molar-refractivity contribution >= 4 is 23.1 Å². The Kier molecular flexibility index (Phi) is 3.67. The molecule has 0 amide bonds. The van der Waals surface area contributed by atoms with Crippen LogP contribution < -0.4 is 11.1 Å². The van der Waals surface area contributed by atoms with Crippen molar-refractivity contribution in [2.24, 2.45) is 0 Å². The van der Waals surface area contributed by atoms with Crippen LogP contribution in [0.3, 0.4) is 0 Å². The van der Waals surface area contributed by atoms with E-state index >= 15 is 0 Å². The summed E-state index contributed by atoms with van der Waals surface area (Å²) in [6.45, 7) is 1.91. The summed E-state index contributed by atoms with van der Waals surface area (Å²) in [5, 5.41) is 3.60. The van der Waals surface area contributed by atoms with Gasteiger partial charge in [0.1, 0.15) is 11.6 Å². The molecule has 0 fully saturated rings. The van der Waals surface area contributed by atoms with Crippen LogP contribution in [0.5, 0.6) is 0 Å². The van der Waals surface area contributed by atoms with Crippen molar-refractivity contribution in [3.63, 3.8) is 0 Å². The van der Waals surface area contributed by atoms with E-state index in [1.807, 2.05) is 13.0 Å². The highest BCUT2D eigenvalue weighted by Gasteiger charge is 2.09. The van der Waals surface area contributed by atoms with Gasteiger partial charge in [-0.25, -0.2) is 9.37 Å². The quantitative estimate of drug-likeness (QED) is 0.891. The summed E-state index contributed by atoms with van der Waals surface area (Å²) in [5.74, 6) is 0.273. The zero-order valence-corrected chi connectivity index (χ0v) is 10.6. The van der Waals surface area contributed by atoms with E-state index in [1.165, 1.54) is 18.3 Å². The van der Waals surface area contributed by atoms with Crippen LogP contribution in [-0.2, 0) is 0 Å². The maximum absolute atomic E-state index is 13.1. The third-order valence-corrected chi connectivity index (χ3v) is 2.79. The van der Waals surface area contributed by atoms with Crippen molar-refractivity contribution in [3.8, 4) is 0 Å². The lowest BCUT2D eigenvalue weighted by Crippen LogP contribution is -2.10. The molecule has 0 aliphatic carbocycles. The van der Waals surface area contributed by atoms with Gasteiger partial charge in [0.25, 0.3) is 0 Å². The lowest BCUT2D eigenvalue weighted by molar-refractivity contribution is 0.623. The second kappa shape index (κ2) is 5.23. The predicted molar refractivity (Wildman–Crippen MR) is 72.1 cm³/mol. The van der Waals surface area contributed by atoms with Crippen LogP contribution in [0, 0.1) is 5.82 Å². The Hall–Kier alpha value is -1.81. The molecule has 18 heavy (non-hydrogen) atoms. The summed E-state index contributed by atoms with van der Waals surface area (Å²) in [4.78, 5) is 4.10. The molecule has 3 N–H and O–H groups in total. The molecule has 94 valence electrons. The molecule has 0 spiro atoms. The molecule has 0 radical (unpaired) electrons.